The monoisotopic (exact) mass is 440 g/mol. The van der Waals surface area contributed by atoms with E-state index in [9.17, 15) is 13.2 Å². The van der Waals surface area contributed by atoms with Gasteiger partial charge in [0, 0.05) is 17.3 Å². The number of carbonyl (C=O) groups excluding carboxylic acids is 1. The number of aryl methyl sites for hydroxylation is 1. The lowest BCUT2D eigenvalue weighted by Crippen LogP contribution is -2.28. The van der Waals surface area contributed by atoms with Gasteiger partial charge in [-0.1, -0.05) is 23.8 Å². The van der Waals surface area contributed by atoms with Crippen LogP contribution in [0.1, 0.15) is 15.9 Å². The Morgan fingerprint density at radius 3 is 2.29 bits per heavy atom. The van der Waals surface area contributed by atoms with Crippen molar-refractivity contribution in [3.05, 3.63) is 83.9 Å². The zero-order valence-corrected chi connectivity index (χ0v) is 18.1. The van der Waals surface area contributed by atoms with Crippen LogP contribution in [0.5, 0.6) is 11.5 Å². The average molecular weight is 441 g/mol. The molecule has 0 saturated heterocycles. The Hall–Kier alpha value is -3.52. The van der Waals surface area contributed by atoms with Crippen molar-refractivity contribution in [2.45, 2.75) is 11.8 Å². The fourth-order valence-corrected chi connectivity index (χ4v) is 3.81. The van der Waals surface area contributed by atoms with Crippen molar-refractivity contribution in [3.63, 3.8) is 0 Å². The Kier molecular flexibility index (Phi) is 7.15. The van der Waals surface area contributed by atoms with Gasteiger partial charge in [-0.05, 0) is 55.5 Å². The van der Waals surface area contributed by atoms with Crippen LogP contribution in [0.25, 0.3) is 0 Å². The zero-order chi connectivity index (χ0) is 22.3. The van der Waals surface area contributed by atoms with Crippen molar-refractivity contribution in [1.82, 2.24) is 5.32 Å². The Bertz CT molecular complexity index is 1130. The predicted octanol–water partition coefficient (Wildman–Crippen LogP) is 3.61. The molecule has 0 saturated carbocycles. The summed E-state index contributed by atoms with van der Waals surface area (Å²) in [5.74, 6) is 1.07. The largest absolute Gasteiger partial charge is 0.497 e. The quantitative estimate of drug-likeness (QED) is 0.496. The number of carbonyl (C=O) groups is 1. The molecule has 1 amide bonds. The molecule has 0 heterocycles. The lowest BCUT2D eigenvalue weighted by atomic mass is 10.2. The third-order valence-corrected chi connectivity index (χ3v) is 5.83. The molecule has 0 bridgehead atoms. The van der Waals surface area contributed by atoms with E-state index in [0.717, 1.165) is 5.56 Å². The summed E-state index contributed by atoms with van der Waals surface area (Å²) in [4.78, 5) is 12.5. The van der Waals surface area contributed by atoms with Gasteiger partial charge in [0.2, 0.25) is 0 Å². The standard InChI is InChI=1S/C23H24N2O5S/c1-17-6-12-22(13-7-17)31(27,28)25-19-10-8-18(9-11-19)23(26)24-14-15-30-21-5-3-4-20(16-21)29-2/h3-13,16,25H,14-15H2,1-2H3,(H,24,26). The van der Waals surface area contributed by atoms with Crippen molar-refractivity contribution < 1.29 is 22.7 Å². The first-order valence-corrected chi connectivity index (χ1v) is 11.1. The first kappa shape index (κ1) is 22.2. The Labute approximate surface area is 182 Å². The summed E-state index contributed by atoms with van der Waals surface area (Å²) in [6.07, 6.45) is 0. The van der Waals surface area contributed by atoms with Crippen molar-refractivity contribution in [2.75, 3.05) is 25.0 Å². The fraction of sp³-hybridized carbons (Fsp3) is 0.174. The molecule has 0 unspecified atom stereocenters. The van der Waals surface area contributed by atoms with Crippen molar-refractivity contribution in [3.8, 4) is 11.5 Å². The minimum absolute atomic E-state index is 0.177. The van der Waals surface area contributed by atoms with E-state index in [-0.39, 0.29) is 10.8 Å². The first-order valence-electron chi connectivity index (χ1n) is 9.62. The number of anilines is 1. The minimum atomic E-state index is -3.69. The maximum absolute atomic E-state index is 12.5. The zero-order valence-electron chi connectivity index (χ0n) is 17.3. The molecule has 0 fully saturated rings. The molecule has 7 nitrogen and oxygen atoms in total. The van der Waals surface area contributed by atoms with Crippen molar-refractivity contribution in [1.29, 1.82) is 0 Å². The van der Waals surface area contributed by atoms with Gasteiger partial charge >= 0.3 is 0 Å². The number of hydrogen-bond acceptors (Lipinski definition) is 5. The van der Waals surface area contributed by atoms with Crippen LogP contribution in [0.2, 0.25) is 0 Å². The van der Waals surface area contributed by atoms with Crippen molar-refractivity contribution >= 4 is 21.6 Å². The highest BCUT2D eigenvalue weighted by Crippen LogP contribution is 2.19. The number of amides is 1. The van der Waals surface area contributed by atoms with Gasteiger partial charge in [-0.15, -0.1) is 0 Å². The molecular weight excluding hydrogens is 416 g/mol. The second kappa shape index (κ2) is 9.99. The molecule has 0 radical (unpaired) electrons. The number of benzene rings is 3. The number of nitrogens with one attached hydrogen (secondary N) is 2. The summed E-state index contributed by atoms with van der Waals surface area (Å²) in [6.45, 7) is 2.50. The second-order valence-electron chi connectivity index (χ2n) is 6.78. The second-order valence-corrected chi connectivity index (χ2v) is 8.46. The van der Waals surface area contributed by atoms with Gasteiger partial charge in [0.15, 0.2) is 0 Å². The molecule has 0 atom stereocenters. The van der Waals surface area contributed by atoms with Crippen LogP contribution < -0.4 is 19.5 Å². The number of sulfonamides is 1. The molecule has 0 aliphatic rings. The highest BCUT2D eigenvalue weighted by Gasteiger charge is 2.14. The SMILES string of the molecule is COc1cccc(OCCNC(=O)c2ccc(NS(=O)(=O)c3ccc(C)cc3)cc2)c1. The molecular formula is C23H24N2O5S. The topological polar surface area (TPSA) is 93.7 Å². The van der Waals surface area contributed by atoms with Crippen LogP contribution in [0.15, 0.2) is 77.7 Å². The summed E-state index contributed by atoms with van der Waals surface area (Å²) < 4.78 is 38.1. The molecule has 2 N–H and O–H groups in total. The molecule has 3 rings (SSSR count). The average Bonchev–Trinajstić information content (AvgIpc) is 2.77. The van der Waals surface area contributed by atoms with E-state index in [2.05, 4.69) is 10.0 Å². The fourth-order valence-electron chi connectivity index (χ4n) is 2.75. The van der Waals surface area contributed by atoms with Gasteiger partial charge in [-0.3, -0.25) is 9.52 Å². The van der Waals surface area contributed by atoms with E-state index in [1.807, 2.05) is 19.1 Å². The first-order chi connectivity index (χ1) is 14.9. The van der Waals surface area contributed by atoms with Crippen LogP contribution in [0, 0.1) is 6.92 Å². The molecule has 31 heavy (non-hydrogen) atoms. The van der Waals surface area contributed by atoms with Gasteiger partial charge in [0.05, 0.1) is 18.6 Å². The maximum atomic E-state index is 12.5. The van der Waals surface area contributed by atoms with Crippen LogP contribution >= 0.6 is 0 Å². The summed E-state index contributed by atoms with van der Waals surface area (Å²) in [7, 11) is -2.11. The third-order valence-electron chi connectivity index (χ3n) is 4.43. The molecule has 0 aromatic heterocycles. The predicted molar refractivity (Wildman–Crippen MR) is 119 cm³/mol. The van der Waals surface area contributed by atoms with Gasteiger partial charge in [-0.2, -0.15) is 0 Å². The third kappa shape index (κ3) is 6.23. The maximum Gasteiger partial charge on any atom is 0.261 e. The molecule has 0 aliphatic carbocycles. The molecule has 162 valence electrons. The number of hydrogen-bond donors (Lipinski definition) is 2. The summed E-state index contributed by atoms with van der Waals surface area (Å²) in [5.41, 5.74) is 1.77. The summed E-state index contributed by atoms with van der Waals surface area (Å²) in [5, 5.41) is 2.76. The van der Waals surface area contributed by atoms with Gasteiger partial charge in [0.1, 0.15) is 18.1 Å². The van der Waals surface area contributed by atoms with Gasteiger partial charge < -0.3 is 14.8 Å². The van der Waals surface area contributed by atoms with Gasteiger partial charge in [0.25, 0.3) is 15.9 Å². The van der Waals surface area contributed by atoms with E-state index in [4.69, 9.17) is 9.47 Å². The lowest BCUT2D eigenvalue weighted by Gasteiger charge is -2.10. The molecule has 0 aliphatic heterocycles. The Balaban J connectivity index is 1.51. The smallest absolute Gasteiger partial charge is 0.261 e. The van der Waals surface area contributed by atoms with Crippen LogP contribution in [0.4, 0.5) is 5.69 Å². The highest BCUT2D eigenvalue weighted by atomic mass is 32.2. The highest BCUT2D eigenvalue weighted by molar-refractivity contribution is 7.92. The van der Waals surface area contributed by atoms with E-state index >= 15 is 0 Å². The van der Waals surface area contributed by atoms with E-state index in [0.29, 0.717) is 35.9 Å². The molecule has 8 heteroatoms. The van der Waals surface area contributed by atoms with Crippen molar-refractivity contribution in [2.24, 2.45) is 0 Å². The Morgan fingerprint density at radius 2 is 1.61 bits per heavy atom. The van der Waals surface area contributed by atoms with E-state index in [1.54, 1.807) is 67.8 Å². The molecule has 3 aromatic rings. The van der Waals surface area contributed by atoms with Crippen LogP contribution in [-0.4, -0.2) is 34.6 Å². The van der Waals surface area contributed by atoms with E-state index < -0.39 is 10.0 Å². The minimum Gasteiger partial charge on any atom is -0.497 e. The summed E-state index contributed by atoms with van der Waals surface area (Å²) >= 11 is 0. The van der Waals surface area contributed by atoms with E-state index in [1.165, 1.54) is 0 Å². The number of rotatable bonds is 9. The van der Waals surface area contributed by atoms with Crippen LogP contribution in [0.3, 0.4) is 0 Å². The lowest BCUT2D eigenvalue weighted by molar-refractivity contribution is 0.0947. The number of methoxy groups -OCH3 is 1. The molecule has 0 spiro atoms. The van der Waals surface area contributed by atoms with Crippen LogP contribution in [-0.2, 0) is 10.0 Å². The molecule has 3 aromatic carbocycles. The summed E-state index contributed by atoms with van der Waals surface area (Å²) in [6, 6.07) is 20.0. The Morgan fingerprint density at radius 1 is 0.935 bits per heavy atom. The van der Waals surface area contributed by atoms with Gasteiger partial charge in [-0.25, -0.2) is 8.42 Å². The number of ether oxygens (including phenoxy) is 2. The normalized spacial score (nSPS) is 10.9.